The third-order valence-corrected chi connectivity index (χ3v) is 7.40. The zero-order chi connectivity index (χ0) is 24.2. The van der Waals surface area contributed by atoms with Gasteiger partial charge in [-0.05, 0) is 85.7 Å². The van der Waals surface area contributed by atoms with E-state index in [4.69, 9.17) is 18.9 Å². The summed E-state index contributed by atoms with van der Waals surface area (Å²) in [4.78, 5) is 3.29. The van der Waals surface area contributed by atoms with E-state index in [2.05, 4.69) is 4.90 Å². The van der Waals surface area contributed by atoms with Gasteiger partial charge in [0.2, 0.25) is 0 Å². The predicted octanol–water partition coefficient (Wildman–Crippen LogP) is 6.93. The highest BCUT2D eigenvalue weighted by Gasteiger charge is 2.19. The van der Waals surface area contributed by atoms with Crippen LogP contribution in [-0.2, 0) is 6.67 Å². The highest BCUT2D eigenvalue weighted by Crippen LogP contribution is 2.48. The van der Waals surface area contributed by atoms with Crippen molar-refractivity contribution in [2.75, 3.05) is 40.5 Å². The molecule has 0 spiro atoms. The average Bonchev–Trinajstić information content (AvgIpc) is 3.23. The molecule has 0 saturated carbocycles. The van der Waals surface area contributed by atoms with Crippen LogP contribution in [-0.4, -0.2) is 45.4 Å². The number of alkyl halides is 1. The first-order chi connectivity index (χ1) is 17.2. The molecule has 0 atom stereocenters. The summed E-state index contributed by atoms with van der Waals surface area (Å²) in [5, 5.41) is 0.946. The minimum absolute atomic E-state index is 0.458. The molecule has 1 fully saturated rings. The minimum atomic E-state index is -0.646. The number of ether oxygens (including phenoxy) is 4. The van der Waals surface area contributed by atoms with E-state index in [0.717, 1.165) is 51.7 Å². The Hall–Kier alpha value is -3.29. The van der Waals surface area contributed by atoms with Crippen molar-refractivity contribution in [1.29, 1.82) is 0 Å². The summed E-state index contributed by atoms with van der Waals surface area (Å²) in [7, 11) is 3.30. The second kappa shape index (κ2) is 10.5. The van der Waals surface area contributed by atoms with Gasteiger partial charge >= 0.3 is 0 Å². The van der Waals surface area contributed by atoms with Gasteiger partial charge in [-0.2, -0.15) is 0 Å². The maximum Gasteiger partial charge on any atom is 0.153 e. The molecule has 0 N–H and O–H groups in total. The summed E-state index contributed by atoms with van der Waals surface area (Å²) >= 11 is 1.61. The Bertz CT molecular complexity index is 1300. The fourth-order valence-electron chi connectivity index (χ4n) is 4.07. The smallest absolute Gasteiger partial charge is 0.153 e. The summed E-state index contributed by atoms with van der Waals surface area (Å²) in [6, 6.07) is 19.1. The van der Waals surface area contributed by atoms with Gasteiger partial charge in [0.15, 0.2) is 5.75 Å². The first kappa shape index (κ1) is 23.5. The Labute approximate surface area is 208 Å². The van der Waals surface area contributed by atoms with E-state index in [9.17, 15) is 4.39 Å². The predicted molar refractivity (Wildman–Crippen MR) is 138 cm³/mol. The van der Waals surface area contributed by atoms with Crippen molar-refractivity contribution >= 4 is 21.4 Å². The molecule has 0 amide bonds. The number of benzene rings is 3. The zero-order valence-electron chi connectivity index (χ0n) is 19.9. The van der Waals surface area contributed by atoms with Crippen molar-refractivity contribution in [2.45, 2.75) is 13.1 Å². The highest BCUT2D eigenvalue weighted by atomic mass is 32.1. The van der Waals surface area contributed by atoms with E-state index in [0.29, 0.717) is 29.4 Å². The summed E-state index contributed by atoms with van der Waals surface area (Å²) in [5.74, 6) is 3.38. The molecule has 182 valence electrons. The molecule has 0 unspecified atom stereocenters. The zero-order valence-corrected chi connectivity index (χ0v) is 20.7. The molecule has 5 rings (SSSR count). The molecule has 4 aromatic rings. The number of nitrogens with zero attached hydrogens (tertiary/aromatic N) is 1. The molecule has 2 heterocycles. The standard InChI is InChI=1S/C28H28FNO4S/c1-31-21-6-4-19(5-7-21)28-27(24-10-8-22(32-2)17-26(24)35-28)34-25-11-9-23(16-20(25)18-29)33-15-14-30-12-3-13-30/h4-11,16-17H,3,12-15,18H2,1-2H3. The van der Waals surface area contributed by atoms with Crippen LogP contribution in [0.15, 0.2) is 60.7 Å². The lowest BCUT2D eigenvalue weighted by Gasteiger charge is -2.30. The van der Waals surface area contributed by atoms with Crippen LogP contribution in [0.3, 0.4) is 0 Å². The minimum Gasteiger partial charge on any atom is -0.497 e. The van der Waals surface area contributed by atoms with Crippen LogP contribution < -0.4 is 18.9 Å². The van der Waals surface area contributed by atoms with Gasteiger partial charge < -0.3 is 18.9 Å². The molecule has 1 saturated heterocycles. The number of hydrogen-bond acceptors (Lipinski definition) is 6. The topological polar surface area (TPSA) is 40.2 Å². The Morgan fingerprint density at radius 2 is 1.63 bits per heavy atom. The van der Waals surface area contributed by atoms with Gasteiger partial charge in [-0.1, -0.05) is 0 Å². The lowest BCUT2D eigenvalue weighted by Crippen LogP contribution is -2.39. The van der Waals surface area contributed by atoms with Gasteiger partial charge in [-0.3, -0.25) is 4.90 Å². The van der Waals surface area contributed by atoms with Crippen LogP contribution >= 0.6 is 11.3 Å². The monoisotopic (exact) mass is 493 g/mol. The van der Waals surface area contributed by atoms with E-state index in [1.165, 1.54) is 6.42 Å². The summed E-state index contributed by atoms with van der Waals surface area (Å²) in [6.07, 6.45) is 1.25. The second-order valence-electron chi connectivity index (χ2n) is 8.40. The fraction of sp³-hybridized carbons (Fsp3) is 0.286. The number of fused-ring (bicyclic) bond motifs is 1. The van der Waals surface area contributed by atoms with Crippen LogP contribution in [0, 0.1) is 0 Å². The highest BCUT2D eigenvalue weighted by molar-refractivity contribution is 7.22. The van der Waals surface area contributed by atoms with Crippen molar-refractivity contribution in [3.63, 3.8) is 0 Å². The molecule has 1 aliphatic heterocycles. The number of likely N-dealkylation sites (tertiary alicyclic amines) is 1. The van der Waals surface area contributed by atoms with Crippen molar-refractivity contribution in [1.82, 2.24) is 4.90 Å². The fourth-order valence-corrected chi connectivity index (χ4v) is 5.24. The Morgan fingerprint density at radius 1 is 0.886 bits per heavy atom. The number of hydrogen-bond donors (Lipinski definition) is 0. The van der Waals surface area contributed by atoms with Gasteiger partial charge in [0, 0.05) is 22.2 Å². The normalized spacial score (nSPS) is 13.5. The number of halogens is 1. The number of rotatable bonds is 10. The van der Waals surface area contributed by atoms with Crippen LogP contribution in [0.25, 0.3) is 20.5 Å². The first-order valence-corrected chi connectivity index (χ1v) is 12.5. The van der Waals surface area contributed by atoms with Crippen molar-refractivity contribution < 1.29 is 23.3 Å². The largest absolute Gasteiger partial charge is 0.497 e. The van der Waals surface area contributed by atoms with Gasteiger partial charge in [-0.25, -0.2) is 4.39 Å². The summed E-state index contributed by atoms with van der Waals surface area (Å²) in [6.45, 7) is 3.08. The van der Waals surface area contributed by atoms with E-state index in [1.54, 1.807) is 37.7 Å². The third-order valence-electron chi connectivity index (χ3n) is 6.22. The molecular formula is C28H28FNO4S. The molecule has 0 radical (unpaired) electrons. The SMILES string of the molecule is COc1ccc(-c2sc3cc(OC)ccc3c2Oc2ccc(OCCN3CCC3)cc2CF)cc1. The average molecular weight is 494 g/mol. The van der Waals surface area contributed by atoms with E-state index in [1.807, 2.05) is 48.5 Å². The molecule has 35 heavy (non-hydrogen) atoms. The van der Waals surface area contributed by atoms with Gasteiger partial charge in [0.25, 0.3) is 0 Å². The molecule has 3 aromatic carbocycles. The van der Waals surface area contributed by atoms with Crippen LogP contribution in [0.1, 0.15) is 12.0 Å². The van der Waals surface area contributed by atoms with Crippen molar-refractivity contribution in [3.8, 4) is 39.2 Å². The Morgan fingerprint density at radius 3 is 2.31 bits per heavy atom. The maximum atomic E-state index is 14.1. The molecule has 5 nitrogen and oxygen atoms in total. The van der Waals surface area contributed by atoms with Crippen LogP contribution in [0.4, 0.5) is 4.39 Å². The lowest BCUT2D eigenvalue weighted by atomic mass is 10.1. The lowest BCUT2D eigenvalue weighted by molar-refractivity contribution is 0.147. The van der Waals surface area contributed by atoms with Crippen LogP contribution in [0.5, 0.6) is 28.7 Å². The third kappa shape index (κ3) is 5.06. The van der Waals surface area contributed by atoms with E-state index >= 15 is 0 Å². The van der Waals surface area contributed by atoms with E-state index < -0.39 is 6.67 Å². The molecule has 7 heteroatoms. The van der Waals surface area contributed by atoms with Crippen LogP contribution in [0.2, 0.25) is 0 Å². The number of thiophene rings is 1. The maximum absolute atomic E-state index is 14.1. The van der Waals surface area contributed by atoms with E-state index in [-0.39, 0.29) is 0 Å². The molecule has 1 aromatic heterocycles. The van der Waals surface area contributed by atoms with Crippen molar-refractivity contribution in [3.05, 3.63) is 66.2 Å². The Balaban J connectivity index is 1.47. The van der Waals surface area contributed by atoms with Gasteiger partial charge in [0.1, 0.15) is 36.3 Å². The Kier molecular flexibility index (Phi) is 7.06. The quantitative estimate of drug-likeness (QED) is 0.240. The molecule has 1 aliphatic rings. The molecule has 0 bridgehead atoms. The number of methoxy groups -OCH3 is 2. The molecular weight excluding hydrogens is 465 g/mol. The second-order valence-corrected chi connectivity index (χ2v) is 9.45. The summed E-state index contributed by atoms with van der Waals surface area (Å²) < 4.78 is 38.1. The summed E-state index contributed by atoms with van der Waals surface area (Å²) in [5.41, 5.74) is 1.45. The van der Waals surface area contributed by atoms with Gasteiger partial charge in [-0.15, -0.1) is 11.3 Å². The molecule has 0 aliphatic carbocycles. The first-order valence-electron chi connectivity index (χ1n) is 11.7. The van der Waals surface area contributed by atoms with Crippen molar-refractivity contribution in [2.24, 2.45) is 0 Å². The van der Waals surface area contributed by atoms with Gasteiger partial charge in [0.05, 0.1) is 19.1 Å².